The molecule has 0 atom stereocenters. The average molecular weight is 434 g/mol. The van der Waals surface area contributed by atoms with Gasteiger partial charge in [-0.1, -0.05) is 67.6 Å². The van der Waals surface area contributed by atoms with E-state index in [1.54, 1.807) is 12.3 Å². The van der Waals surface area contributed by atoms with Gasteiger partial charge in [0.05, 0.1) is 27.0 Å². The van der Waals surface area contributed by atoms with E-state index in [-0.39, 0.29) is 5.91 Å². The summed E-state index contributed by atoms with van der Waals surface area (Å²) < 4.78 is 0. The van der Waals surface area contributed by atoms with Gasteiger partial charge in [0, 0.05) is 17.2 Å². The summed E-state index contributed by atoms with van der Waals surface area (Å²) >= 11 is 9.43. The number of nitrogens with zero attached hydrogens (tertiary/aromatic N) is 3. The first kappa shape index (κ1) is 20.6. The van der Waals surface area contributed by atoms with Crippen molar-refractivity contribution < 1.29 is 4.79 Å². The van der Waals surface area contributed by atoms with E-state index in [0.717, 1.165) is 10.6 Å². The van der Waals surface area contributed by atoms with Crippen molar-refractivity contribution in [3.8, 4) is 21.8 Å². The van der Waals surface area contributed by atoms with Gasteiger partial charge in [-0.3, -0.25) is 4.79 Å². The molecule has 0 spiro atoms. The van der Waals surface area contributed by atoms with Crippen LogP contribution in [0.25, 0.3) is 21.8 Å². The minimum Gasteiger partial charge on any atom is -0.375 e. The highest BCUT2D eigenvalue weighted by atomic mass is 35.5. The lowest BCUT2D eigenvalue weighted by Gasteiger charge is -2.19. The summed E-state index contributed by atoms with van der Waals surface area (Å²) in [5, 5.41) is 4.37. The Kier molecular flexibility index (Phi) is 5.92. The predicted octanol–water partition coefficient (Wildman–Crippen LogP) is 5.21. The second kappa shape index (κ2) is 8.06. The van der Waals surface area contributed by atoms with Crippen molar-refractivity contribution in [2.45, 2.75) is 25.9 Å². The SMILES string of the molecule is CSc1nccc(-c2sc(N)nc2-c2cccc(NC(=O)C(C)(C)C)c2Cl)n1. The van der Waals surface area contributed by atoms with E-state index >= 15 is 0 Å². The van der Waals surface area contributed by atoms with E-state index in [1.165, 1.54) is 23.1 Å². The molecule has 0 unspecified atom stereocenters. The molecule has 28 heavy (non-hydrogen) atoms. The van der Waals surface area contributed by atoms with Gasteiger partial charge < -0.3 is 11.1 Å². The summed E-state index contributed by atoms with van der Waals surface area (Å²) in [5.74, 6) is -0.120. The van der Waals surface area contributed by atoms with E-state index in [4.69, 9.17) is 17.3 Å². The van der Waals surface area contributed by atoms with Crippen molar-refractivity contribution in [2.75, 3.05) is 17.3 Å². The Hall–Kier alpha value is -2.16. The zero-order valence-electron chi connectivity index (χ0n) is 15.9. The van der Waals surface area contributed by atoms with Gasteiger partial charge in [-0.2, -0.15) is 0 Å². The lowest BCUT2D eigenvalue weighted by molar-refractivity contribution is -0.123. The Morgan fingerprint density at radius 3 is 2.68 bits per heavy atom. The monoisotopic (exact) mass is 433 g/mol. The zero-order chi connectivity index (χ0) is 20.5. The molecule has 0 aliphatic heterocycles. The highest BCUT2D eigenvalue weighted by Gasteiger charge is 2.24. The Morgan fingerprint density at radius 2 is 2.00 bits per heavy atom. The fourth-order valence-corrected chi connectivity index (χ4v) is 3.81. The molecule has 0 bridgehead atoms. The molecule has 2 heterocycles. The third kappa shape index (κ3) is 4.29. The summed E-state index contributed by atoms with van der Waals surface area (Å²) in [6.07, 6.45) is 3.62. The number of amides is 1. The van der Waals surface area contributed by atoms with Crippen LogP contribution < -0.4 is 11.1 Å². The van der Waals surface area contributed by atoms with Gasteiger partial charge in [0.25, 0.3) is 0 Å². The Balaban J connectivity index is 2.08. The molecule has 6 nitrogen and oxygen atoms in total. The van der Waals surface area contributed by atoms with E-state index < -0.39 is 5.41 Å². The maximum atomic E-state index is 12.4. The molecule has 3 N–H and O–H groups in total. The molecule has 3 aromatic rings. The van der Waals surface area contributed by atoms with Gasteiger partial charge in [-0.05, 0) is 18.4 Å². The van der Waals surface area contributed by atoms with Gasteiger partial charge >= 0.3 is 0 Å². The van der Waals surface area contributed by atoms with Crippen molar-refractivity contribution in [1.82, 2.24) is 15.0 Å². The number of rotatable bonds is 4. The van der Waals surface area contributed by atoms with Crippen molar-refractivity contribution in [3.63, 3.8) is 0 Å². The fourth-order valence-electron chi connectivity index (χ4n) is 2.38. The van der Waals surface area contributed by atoms with Gasteiger partial charge in [-0.15, -0.1) is 0 Å². The van der Waals surface area contributed by atoms with Crippen LogP contribution in [-0.2, 0) is 4.79 Å². The Bertz CT molecular complexity index is 1030. The number of aromatic nitrogens is 3. The van der Waals surface area contributed by atoms with Crippen molar-refractivity contribution in [3.05, 3.63) is 35.5 Å². The van der Waals surface area contributed by atoms with Crippen molar-refractivity contribution in [2.24, 2.45) is 5.41 Å². The lowest BCUT2D eigenvalue weighted by atomic mass is 9.95. The number of hydrogen-bond acceptors (Lipinski definition) is 7. The molecule has 0 saturated heterocycles. The quantitative estimate of drug-likeness (QED) is 0.433. The summed E-state index contributed by atoms with van der Waals surface area (Å²) in [5.41, 5.74) is 8.03. The molecule has 9 heteroatoms. The lowest BCUT2D eigenvalue weighted by Crippen LogP contribution is -2.27. The fraction of sp³-hybridized carbons (Fsp3) is 0.263. The number of halogens is 1. The first-order valence-corrected chi connectivity index (χ1v) is 10.9. The third-order valence-electron chi connectivity index (χ3n) is 3.88. The largest absolute Gasteiger partial charge is 0.375 e. The standard InChI is InChI=1S/C19H20ClN5OS2/c1-19(2,3)16(26)23-11-7-5-6-10(13(11)20)14-15(28-17(21)25-14)12-8-9-22-18(24-12)27-4/h5-9H,1-4H3,(H2,21,25)(H,23,26). The maximum Gasteiger partial charge on any atom is 0.229 e. The van der Waals surface area contributed by atoms with Crippen LogP contribution in [0.5, 0.6) is 0 Å². The summed E-state index contributed by atoms with van der Waals surface area (Å²) in [6.45, 7) is 5.54. The molecule has 0 saturated carbocycles. The van der Waals surface area contributed by atoms with Gasteiger partial charge in [-0.25, -0.2) is 15.0 Å². The minimum absolute atomic E-state index is 0.120. The molecule has 2 aromatic heterocycles. The van der Waals surface area contributed by atoms with Crippen LogP contribution in [0.15, 0.2) is 35.6 Å². The molecule has 146 valence electrons. The number of thioether (sulfide) groups is 1. The number of thiazole rings is 1. The number of nitrogen functional groups attached to an aromatic ring is 1. The second-order valence-electron chi connectivity index (χ2n) is 7.03. The van der Waals surface area contributed by atoms with E-state index in [9.17, 15) is 4.79 Å². The summed E-state index contributed by atoms with van der Waals surface area (Å²) in [6, 6.07) is 7.26. The number of anilines is 2. The van der Waals surface area contributed by atoms with Crippen molar-refractivity contribution >= 4 is 51.4 Å². The van der Waals surface area contributed by atoms with Gasteiger partial charge in [0.15, 0.2) is 10.3 Å². The number of nitrogens with one attached hydrogen (secondary N) is 1. The number of carbonyl (C=O) groups is 1. The molecule has 0 radical (unpaired) electrons. The number of nitrogens with two attached hydrogens (primary N) is 1. The first-order valence-electron chi connectivity index (χ1n) is 8.44. The number of carbonyl (C=O) groups excluding carboxylic acids is 1. The molecular weight excluding hydrogens is 414 g/mol. The van der Waals surface area contributed by atoms with Gasteiger partial charge in [0.2, 0.25) is 5.91 Å². The van der Waals surface area contributed by atoms with Crippen LogP contribution in [0.4, 0.5) is 10.8 Å². The van der Waals surface area contributed by atoms with E-state index in [1.807, 2.05) is 45.2 Å². The molecule has 1 aromatic carbocycles. The summed E-state index contributed by atoms with van der Waals surface area (Å²) in [4.78, 5) is 26.4. The molecule has 0 aliphatic rings. The van der Waals surface area contributed by atoms with Crippen LogP contribution in [-0.4, -0.2) is 27.1 Å². The average Bonchev–Trinajstić information content (AvgIpc) is 3.04. The number of benzene rings is 1. The van der Waals surface area contributed by atoms with Crippen LogP contribution in [0.1, 0.15) is 20.8 Å². The van der Waals surface area contributed by atoms with Crippen molar-refractivity contribution in [1.29, 1.82) is 0 Å². The summed E-state index contributed by atoms with van der Waals surface area (Å²) in [7, 11) is 0. The van der Waals surface area contributed by atoms with Crippen LogP contribution in [0, 0.1) is 5.41 Å². The Morgan fingerprint density at radius 1 is 1.25 bits per heavy atom. The van der Waals surface area contributed by atoms with Crippen LogP contribution >= 0.6 is 34.7 Å². The van der Waals surface area contributed by atoms with E-state index in [0.29, 0.717) is 32.3 Å². The second-order valence-corrected chi connectivity index (χ2v) is 9.21. The topological polar surface area (TPSA) is 93.8 Å². The number of hydrogen-bond donors (Lipinski definition) is 2. The zero-order valence-corrected chi connectivity index (χ0v) is 18.3. The molecule has 1 amide bonds. The normalized spacial score (nSPS) is 11.5. The third-order valence-corrected chi connectivity index (χ3v) is 5.75. The van der Waals surface area contributed by atoms with Crippen LogP contribution in [0.3, 0.4) is 0 Å². The smallest absolute Gasteiger partial charge is 0.229 e. The highest BCUT2D eigenvalue weighted by molar-refractivity contribution is 7.98. The predicted molar refractivity (Wildman–Crippen MR) is 118 cm³/mol. The molecular formula is C19H20ClN5OS2. The minimum atomic E-state index is -0.537. The van der Waals surface area contributed by atoms with Gasteiger partial charge in [0.1, 0.15) is 0 Å². The molecule has 0 fully saturated rings. The van der Waals surface area contributed by atoms with E-state index in [2.05, 4.69) is 20.3 Å². The van der Waals surface area contributed by atoms with Crippen LogP contribution in [0.2, 0.25) is 5.02 Å². The maximum absolute atomic E-state index is 12.4. The highest BCUT2D eigenvalue weighted by Crippen LogP contribution is 2.42. The molecule has 3 rings (SSSR count). The molecule has 0 aliphatic carbocycles. The Labute approximate surface area is 177 Å². The first-order chi connectivity index (χ1) is 13.2.